The van der Waals surface area contributed by atoms with E-state index in [4.69, 9.17) is 0 Å². The Bertz CT molecular complexity index is 1290. The Morgan fingerprint density at radius 2 is 1.21 bits per heavy atom. The van der Waals surface area contributed by atoms with Gasteiger partial charge in [-0.05, 0) is 68.1 Å². The van der Waals surface area contributed by atoms with Crippen LogP contribution in [0.1, 0.15) is 22.8 Å². The summed E-state index contributed by atoms with van der Waals surface area (Å²) >= 11 is 0. The van der Waals surface area contributed by atoms with E-state index in [9.17, 15) is 14.4 Å². The number of rotatable bonds is 1. The van der Waals surface area contributed by atoms with Crippen LogP contribution in [-0.2, 0) is 30.2 Å². The van der Waals surface area contributed by atoms with E-state index in [-0.39, 0.29) is 5.30 Å². The van der Waals surface area contributed by atoms with Gasteiger partial charge < -0.3 is 19.8 Å². The van der Waals surface area contributed by atoms with Crippen molar-refractivity contribution < 1.29 is 14.4 Å². The number of nitrogens with one attached hydrogen (secondary N) is 2. The highest BCUT2D eigenvalue weighted by molar-refractivity contribution is 7.60. The van der Waals surface area contributed by atoms with Crippen molar-refractivity contribution in [2.45, 2.75) is 25.7 Å². The van der Waals surface area contributed by atoms with Gasteiger partial charge in [0.1, 0.15) is 0 Å². The largest absolute Gasteiger partial charge is 0.358 e. The van der Waals surface area contributed by atoms with E-state index in [1.54, 1.807) is 6.07 Å². The Morgan fingerprint density at radius 3 is 1.75 bits per heavy atom. The maximum absolute atomic E-state index is 12.0. The third kappa shape index (κ3) is 3.40. The van der Waals surface area contributed by atoms with Gasteiger partial charge in [-0.15, -0.1) is 0 Å². The molecular formula is C20H19N4O3P. The van der Waals surface area contributed by atoms with Crippen LogP contribution in [0.4, 0.5) is 0 Å². The quantitative estimate of drug-likeness (QED) is 0.474. The van der Waals surface area contributed by atoms with Gasteiger partial charge in [0.25, 0.3) is 0 Å². The van der Waals surface area contributed by atoms with Gasteiger partial charge in [0.15, 0.2) is 0 Å². The average molecular weight is 394 g/mol. The molecule has 7 nitrogen and oxygen atoms in total. The van der Waals surface area contributed by atoms with Crippen LogP contribution in [0.3, 0.4) is 0 Å². The van der Waals surface area contributed by atoms with E-state index in [2.05, 4.69) is 19.9 Å². The normalized spacial score (nSPS) is 14.4. The molecule has 28 heavy (non-hydrogen) atoms. The lowest BCUT2D eigenvalue weighted by atomic mass is 10.2. The lowest BCUT2D eigenvalue weighted by Crippen LogP contribution is -2.01. The van der Waals surface area contributed by atoms with E-state index < -0.39 is 7.60 Å². The van der Waals surface area contributed by atoms with Crippen LogP contribution in [-0.4, -0.2) is 29.7 Å². The van der Waals surface area contributed by atoms with Gasteiger partial charge in [0, 0.05) is 39.3 Å². The summed E-state index contributed by atoms with van der Waals surface area (Å²) in [6.07, 6.45) is 3.15. The number of H-pyrrole nitrogens is 2. The first-order chi connectivity index (χ1) is 13.4. The summed E-state index contributed by atoms with van der Waals surface area (Å²) in [7, 11) is -4.41. The van der Waals surface area contributed by atoms with Crippen molar-refractivity contribution in [2.75, 3.05) is 0 Å². The molecule has 3 aromatic heterocycles. The first kappa shape index (κ1) is 17.4. The SMILES string of the molecule is O=P(O)(O)c1cc2cc3nc(cc4ccc(cc5nc(cc1[nH]2)CC5)[nH]4)CC3. The summed E-state index contributed by atoms with van der Waals surface area (Å²) in [4.78, 5) is 35.3. The fourth-order valence-corrected chi connectivity index (χ4v) is 4.48. The summed E-state index contributed by atoms with van der Waals surface area (Å²) in [6, 6.07) is 13.2. The molecular weight excluding hydrogens is 375 g/mol. The Kier molecular flexibility index (Phi) is 3.98. The zero-order chi connectivity index (χ0) is 19.3. The maximum Gasteiger partial charge on any atom is 0.358 e. The standard InChI is InChI=1S/C20H19N4O3P/c25-28(26,27)20-11-18-9-16-4-3-14(22-16)7-12-1-2-13(21-12)8-15-5-6-17(23-15)10-19(20)24-18/h1-2,7-11,21,24H,3-6H2,(H2,25,26,27). The molecule has 0 amide bonds. The smallest absolute Gasteiger partial charge is 0.355 e. The molecule has 0 unspecified atom stereocenters. The molecule has 0 fully saturated rings. The third-order valence-corrected chi connectivity index (χ3v) is 6.02. The van der Waals surface area contributed by atoms with E-state index in [1.165, 1.54) is 6.07 Å². The minimum Gasteiger partial charge on any atom is -0.355 e. The lowest BCUT2D eigenvalue weighted by molar-refractivity contribution is 0.388. The summed E-state index contributed by atoms with van der Waals surface area (Å²) in [6.45, 7) is 0. The molecule has 0 radical (unpaired) electrons. The van der Waals surface area contributed by atoms with Crippen LogP contribution in [0, 0.1) is 0 Å². The minimum atomic E-state index is -4.41. The van der Waals surface area contributed by atoms with Gasteiger partial charge in [0.2, 0.25) is 0 Å². The zero-order valence-electron chi connectivity index (χ0n) is 15.0. The van der Waals surface area contributed by atoms with E-state index >= 15 is 0 Å². The predicted octanol–water partition coefficient (Wildman–Crippen LogP) is 2.69. The molecule has 5 rings (SSSR count). The third-order valence-electron chi connectivity index (χ3n) is 5.02. The highest BCUT2D eigenvalue weighted by atomic mass is 31.2. The number of aromatic nitrogens is 4. The molecule has 142 valence electrons. The number of fused-ring (bicyclic) bond motifs is 8. The van der Waals surface area contributed by atoms with Gasteiger partial charge >= 0.3 is 7.60 Å². The van der Waals surface area contributed by atoms with Crippen molar-refractivity contribution in [1.82, 2.24) is 19.9 Å². The maximum atomic E-state index is 12.0. The Balaban J connectivity index is 1.85. The molecule has 8 bridgehead atoms. The van der Waals surface area contributed by atoms with Crippen LogP contribution in [0.25, 0.3) is 22.1 Å². The summed E-state index contributed by atoms with van der Waals surface area (Å²) in [5.74, 6) is 0. The number of hydrogen-bond donors (Lipinski definition) is 4. The minimum absolute atomic E-state index is 0.00820. The second-order valence-corrected chi connectivity index (χ2v) is 8.77. The van der Waals surface area contributed by atoms with Gasteiger partial charge in [-0.1, -0.05) is 0 Å². The van der Waals surface area contributed by atoms with Crippen LogP contribution in [0.5, 0.6) is 0 Å². The molecule has 0 saturated carbocycles. The van der Waals surface area contributed by atoms with Gasteiger partial charge in [0.05, 0.1) is 10.8 Å². The summed E-state index contributed by atoms with van der Waals surface area (Å²) in [5.41, 5.74) is 6.62. The number of hydrogen-bond acceptors (Lipinski definition) is 3. The molecule has 2 aliphatic rings. The Hall–Kier alpha value is -2.73. The second kappa shape index (κ2) is 6.41. The van der Waals surface area contributed by atoms with E-state index in [0.29, 0.717) is 11.0 Å². The molecule has 0 atom stereocenters. The predicted molar refractivity (Wildman–Crippen MR) is 107 cm³/mol. The summed E-state index contributed by atoms with van der Waals surface area (Å²) < 4.78 is 12.0. The van der Waals surface area contributed by atoms with Gasteiger partial charge in [-0.3, -0.25) is 14.5 Å². The molecule has 5 heterocycles. The molecule has 2 aliphatic heterocycles. The van der Waals surface area contributed by atoms with Crippen LogP contribution in [0.2, 0.25) is 0 Å². The number of nitrogens with zero attached hydrogens (tertiary/aromatic N) is 2. The van der Waals surface area contributed by atoms with Gasteiger partial charge in [-0.2, -0.15) is 0 Å². The monoisotopic (exact) mass is 394 g/mol. The molecule has 0 spiro atoms. The molecule has 0 aliphatic carbocycles. The number of aromatic amines is 2. The van der Waals surface area contributed by atoms with Crippen LogP contribution < -0.4 is 5.30 Å². The van der Waals surface area contributed by atoms with Crippen LogP contribution >= 0.6 is 7.60 Å². The van der Waals surface area contributed by atoms with Crippen LogP contribution in [0.15, 0.2) is 42.5 Å². The molecule has 0 saturated heterocycles. The zero-order valence-corrected chi connectivity index (χ0v) is 15.9. The van der Waals surface area contributed by atoms with Crippen molar-refractivity contribution in [3.63, 3.8) is 0 Å². The molecule has 3 aromatic rings. The van der Waals surface area contributed by atoms with E-state index in [0.717, 1.165) is 59.5 Å². The number of aryl methyl sites for hydroxylation is 4. The second-order valence-electron chi connectivity index (χ2n) is 7.20. The Labute approximate surface area is 160 Å². The fourth-order valence-electron chi connectivity index (χ4n) is 3.74. The lowest BCUT2D eigenvalue weighted by Gasteiger charge is -1.99. The fraction of sp³-hybridized carbons (Fsp3) is 0.200. The van der Waals surface area contributed by atoms with Crippen molar-refractivity contribution in [2.24, 2.45) is 0 Å². The molecule has 0 aromatic carbocycles. The molecule has 4 N–H and O–H groups in total. The van der Waals surface area contributed by atoms with Crippen molar-refractivity contribution in [1.29, 1.82) is 0 Å². The summed E-state index contributed by atoms with van der Waals surface area (Å²) in [5, 5.41) is -0.00820. The topological polar surface area (TPSA) is 115 Å². The van der Waals surface area contributed by atoms with Gasteiger partial charge in [-0.25, -0.2) is 0 Å². The van der Waals surface area contributed by atoms with Crippen molar-refractivity contribution in [3.8, 4) is 0 Å². The van der Waals surface area contributed by atoms with Crippen molar-refractivity contribution >= 4 is 35.0 Å². The molecule has 8 heteroatoms. The average Bonchev–Trinajstić information content (AvgIpc) is 3.38. The highest BCUT2D eigenvalue weighted by Gasteiger charge is 2.21. The van der Waals surface area contributed by atoms with E-state index in [1.807, 2.05) is 30.3 Å². The first-order valence-electron chi connectivity index (χ1n) is 9.16. The Morgan fingerprint density at radius 1 is 0.714 bits per heavy atom. The van der Waals surface area contributed by atoms with Crippen molar-refractivity contribution in [3.05, 3.63) is 65.2 Å². The highest BCUT2D eigenvalue weighted by Crippen LogP contribution is 2.35. The first-order valence-corrected chi connectivity index (χ1v) is 10.8.